The molecule has 0 radical (unpaired) electrons. The summed E-state index contributed by atoms with van der Waals surface area (Å²) in [6, 6.07) is 10.3. The normalized spacial score (nSPS) is 15.4. The third-order valence-electron chi connectivity index (χ3n) is 6.69. The van der Waals surface area contributed by atoms with Gasteiger partial charge in [-0.25, -0.2) is 8.78 Å². The number of anilines is 2. The van der Waals surface area contributed by atoms with Gasteiger partial charge in [0.2, 0.25) is 11.8 Å². The summed E-state index contributed by atoms with van der Waals surface area (Å²) in [5, 5.41) is 5.17. The SMILES string of the molecule is CN1C(=O)[C@H](NC(=O)C(C)(C)NC(=O)Cc2ncccc2F)CN(Cc2ccc(OC(F)(F)F)cc2)c2ccc(F)cc21. The predicted molar refractivity (Wildman–Crippen MR) is 146 cm³/mol. The molecule has 0 aliphatic carbocycles. The molecule has 3 amide bonds. The Morgan fingerprint density at radius 1 is 1.05 bits per heavy atom. The van der Waals surface area contributed by atoms with E-state index in [-0.39, 0.29) is 24.5 Å². The number of hydrogen-bond acceptors (Lipinski definition) is 6. The van der Waals surface area contributed by atoms with Crippen LogP contribution in [0.1, 0.15) is 25.1 Å². The predicted octanol–water partition coefficient (Wildman–Crippen LogP) is 3.86. The second-order valence-corrected chi connectivity index (χ2v) is 10.4. The number of nitrogens with one attached hydrogen (secondary N) is 2. The number of hydrogen-bond donors (Lipinski definition) is 2. The monoisotopic (exact) mass is 605 g/mol. The third-order valence-corrected chi connectivity index (χ3v) is 6.69. The molecule has 1 aromatic heterocycles. The first-order valence-corrected chi connectivity index (χ1v) is 13.0. The van der Waals surface area contributed by atoms with Crippen LogP contribution in [0.15, 0.2) is 60.8 Å². The molecule has 14 heteroatoms. The Morgan fingerprint density at radius 3 is 2.40 bits per heavy atom. The van der Waals surface area contributed by atoms with Crippen molar-refractivity contribution in [1.82, 2.24) is 15.6 Å². The highest BCUT2D eigenvalue weighted by Gasteiger charge is 2.37. The molecule has 0 bridgehead atoms. The molecule has 0 saturated carbocycles. The Morgan fingerprint density at radius 2 is 1.74 bits per heavy atom. The van der Waals surface area contributed by atoms with Crippen molar-refractivity contribution in [2.24, 2.45) is 0 Å². The first kappa shape index (κ1) is 31.2. The van der Waals surface area contributed by atoms with E-state index < -0.39 is 59.5 Å². The molecule has 0 unspecified atom stereocenters. The summed E-state index contributed by atoms with van der Waals surface area (Å²) in [6.07, 6.45) is -3.94. The molecule has 0 saturated heterocycles. The summed E-state index contributed by atoms with van der Waals surface area (Å²) in [5.41, 5.74) is -0.444. The molecule has 0 spiro atoms. The van der Waals surface area contributed by atoms with Crippen molar-refractivity contribution in [2.45, 2.75) is 44.8 Å². The Kier molecular flexibility index (Phi) is 8.88. The minimum Gasteiger partial charge on any atom is -0.406 e. The van der Waals surface area contributed by atoms with E-state index in [4.69, 9.17) is 0 Å². The maximum atomic E-state index is 14.2. The quantitative estimate of drug-likeness (QED) is 0.378. The molecular weight excluding hydrogens is 577 g/mol. The van der Waals surface area contributed by atoms with Crippen molar-refractivity contribution in [1.29, 1.82) is 0 Å². The van der Waals surface area contributed by atoms with Crippen LogP contribution in [0.4, 0.5) is 33.3 Å². The number of likely N-dealkylation sites (N-methyl/N-ethyl adjacent to an activating group) is 1. The number of carbonyl (C=O) groups is 3. The van der Waals surface area contributed by atoms with E-state index in [9.17, 15) is 36.3 Å². The molecule has 3 aromatic rings. The Hall–Kier alpha value is -4.75. The number of carbonyl (C=O) groups excluding carboxylic acids is 3. The molecule has 2 aromatic carbocycles. The van der Waals surface area contributed by atoms with Gasteiger partial charge in [0.15, 0.2) is 0 Å². The fourth-order valence-corrected chi connectivity index (χ4v) is 4.54. The number of ether oxygens (including phenoxy) is 1. The first-order chi connectivity index (χ1) is 20.1. The topological polar surface area (TPSA) is 104 Å². The van der Waals surface area contributed by atoms with Crippen molar-refractivity contribution in [2.75, 3.05) is 23.4 Å². The lowest BCUT2D eigenvalue weighted by molar-refractivity contribution is -0.274. The highest BCUT2D eigenvalue weighted by Crippen LogP contribution is 2.34. The zero-order chi connectivity index (χ0) is 31.5. The van der Waals surface area contributed by atoms with Gasteiger partial charge in [0.25, 0.3) is 5.91 Å². The summed E-state index contributed by atoms with van der Waals surface area (Å²) in [7, 11) is 1.42. The van der Waals surface area contributed by atoms with Crippen molar-refractivity contribution in [3.8, 4) is 5.75 Å². The standard InChI is InChI=1S/C29H28F5N5O4/c1-28(2,37-25(40)14-21-20(31)5-4-12-35-21)27(42)36-22-16-39(15-17-6-9-19(10-7-17)43-29(32,33)34)23-11-8-18(30)13-24(23)38(3)26(22)41/h4-13,22H,14-16H2,1-3H3,(H,36,42)(H,37,40)/t22-/m1/s1. The van der Waals surface area contributed by atoms with Crippen LogP contribution in [-0.2, 0) is 27.3 Å². The van der Waals surface area contributed by atoms with Crippen LogP contribution in [0.5, 0.6) is 5.75 Å². The highest BCUT2D eigenvalue weighted by atomic mass is 19.4. The number of pyridine rings is 1. The molecule has 1 aliphatic rings. The molecule has 2 N–H and O–H groups in total. The lowest BCUT2D eigenvalue weighted by Crippen LogP contribution is -2.60. The average molecular weight is 606 g/mol. The molecule has 228 valence electrons. The fraction of sp³-hybridized carbons (Fsp3) is 0.310. The number of rotatable bonds is 8. The van der Waals surface area contributed by atoms with E-state index in [2.05, 4.69) is 20.4 Å². The first-order valence-electron chi connectivity index (χ1n) is 13.0. The van der Waals surface area contributed by atoms with Gasteiger partial charge >= 0.3 is 6.36 Å². The number of halogens is 5. The molecule has 1 atom stereocenters. The molecule has 2 heterocycles. The van der Waals surface area contributed by atoms with Gasteiger partial charge in [-0.05, 0) is 61.9 Å². The molecule has 9 nitrogen and oxygen atoms in total. The minimum absolute atomic E-state index is 0.0776. The second-order valence-electron chi connectivity index (χ2n) is 10.4. The second kappa shape index (κ2) is 12.2. The van der Waals surface area contributed by atoms with Gasteiger partial charge < -0.3 is 25.2 Å². The Labute approximate surface area is 243 Å². The van der Waals surface area contributed by atoms with E-state index in [1.165, 1.54) is 62.3 Å². The van der Waals surface area contributed by atoms with Gasteiger partial charge in [0.05, 0.1) is 23.5 Å². The van der Waals surface area contributed by atoms with Crippen LogP contribution in [0.25, 0.3) is 0 Å². The molecular formula is C29H28F5N5O4. The zero-order valence-corrected chi connectivity index (χ0v) is 23.3. The van der Waals surface area contributed by atoms with Gasteiger partial charge in [-0.1, -0.05) is 12.1 Å². The smallest absolute Gasteiger partial charge is 0.406 e. The third kappa shape index (κ3) is 7.76. The molecule has 0 fully saturated rings. The maximum absolute atomic E-state index is 14.2. The summed E-state index contributed by atoms with van der Waals surface area (Å²) in [5.74, 6) is -3.67. The van der Waals surface area contributed by atoms with Gasteiger partial charge in [0.1, 0.15) is 29.0 Å². The minimum atomic E-state index is -4.85. The molecule has 43 heavy (non-hydrogen) atoms. The van der Waals surface area contributed by atoms with Crippen molar-refractivity contribution < 1.29 is 41.1 Å². The van der Waals surface area contributed by atoms with Crippen LogP contribution in [-0.4, -0.2) is 54.2 Å². The lowest BCUT2D eigenvalue weighted by atomic mass is 10.0. The number of benzene rings is 2. The van der Waals surface area contributed by atoms with Crippen LogP contribution in [0.3, 0.4) is 0 Å². The van der Waals surface area contributed by atoms with E-state index in [0.29, 0.717) is 11.3 Å². The van der Waals surface area contributed by atoms with Crippen LogP contribution >= 0.6 is 0 Å². The summed E-state index contributed by atoms with van der Waals surface area (Å²) in [6.45, 7) is 2.80. The molecule has 4 rings (SSSR count). The van der Waals surface area contributed by atoms with Gasteiger partial charge in [-0.3, -0.25) is 19.4 Å². The number of alkyl halides is 3. The Balaban J connectivity index is 1.54. The number of fused-ring (bicyclic) bond motifs is 1. The number of amides is 3. The van der Waals surface area contributed by atoms with E-state index in [1.54, 1.807) is 4.90 Å². The van der Waals surface area contributed by atoms with Crippen LogP contribution in [0, 0.1) is 11.6 Å². The van der Waals surface area contributed by atoms with Gasteiger partial charge in [-0.15, -0.1) is 13.2 Å². The van der Waals surface area contributed by atoms with E-state index in [0.717, 1.165) is 24.3 Å². The lowest BCUT2D eigenvalue weighted by Gasteiger charge is -2.30. The summed E-state index contributed by atoms with van der Waals surface area (Å²) >= 11 is 0. The summed E-state index contributed by atoms with van der Waals surface area (Å²) in [4.78, 5) is 46.1. The van der Waals surface area contributed by atoms with Crippen molar-refractivity contribution in [3.05, 3.63) is 83.7 Å². The maximum Gasteiger partial charge on any atom is 0.573 e. The van der Waals surface area contributed by atoms with Gasteiger partial charge in [-0.2, -0.15) is 0 Å². The molecule has 1 aliphatic heterocycles. The van der Waals surface area contributed by atoms with Crippen LogP contribution in [0.2, 0.25) is 0 Å². The van der Waals surface area contributed by atoms with Crippen molar-refractivity contribution in [3.63, 3.8) is 0 Å². The summed E-state index contributed by atoms with van der Waals surface area (Å²) < 4.78 is 69.8. The Bertz CT molecular complexity index is 1510. The highest BCUT2D eigenvalue weighted by molar-refractivity contribution is 6.04. The number of aromatic nitrogens is 1. The van der Waals surface area contributed by atoms with Gasteiger partial charge in [0, 0.05) is 26.3 Å². The number of nitrogens with zero attached hydrogens (tertiary/aromatic N) is 3. The van der Waals surface area contributed by atoms with E-state index in [1.807, 2.05) is 0 Å². The van der Waals surface area contributed by atoms with Crippen molar-refractivity contribution >= 4 is 29.1 Å². The zero-order valence-electron chi connectivity index (χ0n) is 23.3. The average Bonchev–Trinajstić information content (AvgIpc) is 3.00. The van der Waals surface area contributed by atoms with Crippen LogP contribution < -0.4 is 25.2 Å². The largest absolute Gasteiger partial charge is 0.573 e. The van der Waals surface area contributed by atoms with E-state index >= 15 is 0 Å². The fourth-order valence-electron chi connectivity index (χ4n) is 4.54.